The van der Waals surface area contributed by atoms with Gasteiger partial charge in [-0.05, 0) is 6.92 Å². The molecule has 0 saturated heterocycles. The third kappa shape index (κ3) is 1.81. The van der Waals surface area contributed by atoms with Gasteiger partial charge >= 0.3 is 0 Å². The summed E-state index contributed by atoms with van der Waals surface area (Å²) in [5, 5.41) is 19.5. The third-order valence-corrected chi connectivity index (χ3v) is 2.23. The molecule has 0 aromatic carbocycles. The van der Waals surface area contributed by atoms with Gasteiger partial charge in [0.2, 0.25) is 0 Å². The number of rotatable bonds is 3. The van der Waals surface area contributed by atoms with E-state index >= 15 is 0 Å². The monoisotopic (exact) mass is 196 g/mol. The van der Waals surface area contributed by atoms with Crippen molar-refractivity contribution in [2.75, 3.05) is 5.32 Å². The number of aromatic nitrogens is 5. The molecule has 0 radical (unpaired) electrons. The SMILES string of the molecule is CC(Nc1nccs1)c1nn[nH]n1. The quantitative estimate of drug-likeness (QED) is 0.760. The predicted octanol–water partition coefficient (Wildman–Crippen LogP) is 0.829. The standard InChI is InChI=1S/C6H8N6S/c1-4(5-9-11-12-10-5)8-6-7-2-3-13-6/h2-4H,1H3,(H,7,8)(H,9,10,11,12). The lowest BCUT2D eigenvalue weighted by atomic mass is 10.3. The second kappa shape index (κ2) is 3.48. The van der Waals surface area contributed by atoms with Crippen molar-refractivity contribution < 1.29 is 0 Å². The fourth-order valence-corrected chi connectivity index (χ4v) is 1.51. The maximum absolute atomic E-state index is 4.09. The molecule has 0 spiro atoms. The Morgan fingerprint density at radius 3 is 3.15 bits per heavy atom. The van der Waals surface area contributed by atoms with Gasteiger partial charge in [0, 0.05) is 11.6 Å². The van der Waals surface area contributed by atoms with Crippen LogP contribution >= 0.6 is 11.3 Å². The number of nitrogens with one attached hydrogen (secondary N) is 2. The minimum Gasteiger partial charge on any atom is -0.352 e. The van der Waals surface area contributed by atoms with Crippen molar-refractivity contribution in [2.24, 2.45) is 0 Å². The lowest BCUT2D eigenvalue weighted by molar-refractivity contribution is 0.792. The van der Waals surface area contributed by atoms with Crippen LogP contribution in [0.25, 0.3) is 0 Å². The second-order valence-electron chi connectivity index (χ2n) is 2.47. The smallest absolute Gasteiger partial charge is 0.196 e. The van der Waals surface area contributed by atoms with Crippen LogP contribution < -0.4 is 5.32 Å². The van der Waals surface area contributed by atoms with Crippen molar-refractivity contribution in [1.82, 2.24) is 25.6 Å². The number of hydrogen-bond acceptors (Lipinski definition) is 6. The Hall–Kier alpha value is -1.50. The molecule has 0 aliphatic heterocycles. The van der Waals surface area contributed by atoms with Crippen LogP contribution in [0.5, 0.6) is 0 Å². The van der Waals surface area contributed by atoms with Gasteiger partial charge in [-0.15, -0.1) is 21.5 Å². The first-order valence-electron chi connectivity index (χ1n) is 3.75. The van der Waals surface area contributed by atoms with Gasteiger partial charge < -0.3 is 5.32 Å². The molecule has 2 aromatic heterocycles. The van der Waals surface area contributed by atoms with E-state index in [0.717, 1.165) is 5.13 Å². The largest absolute Gasteiger partial charge is 0.352 e. The summed E-state index contributed by atoms with van der Waals surface area (Å²) in [6.07, 6.45) is 1.75. The van der Waals surface area contributed by atoms with E-state index in [9.17, 15) is 0 Å². The number of hydrogen-bond donors (Lipinski definition) is 2. The molecular formula is C6H8N6S. The maximum atomic E-state index is 4.09. The van der Waals surface area contributed by atoms with Gasteiger partial charge in [0.05, 0.1) is 6.04 Å². The fraction of sp³-hybridized carbons (Fsp3) is 0.333. The zero-order valence-electron chi connectivity index (χ0n) is 6.93. The van der Waals surface area contributed by atoms with Crippen LogP contribution in [0.4, 0.5) is 5.13 Å². The van der Waals surface area contributed by atoms with E-state index in [2.05, 4.69) is 30.9 Å². The van der Waals surface area contributed by atoms with E-state index in [1.807, 2.05) is 12.3 Å². The molecule has 2 aromatic rings. The van der Waals surface area contributed by atoms with Crippen LogP contribution in [0.15, 0.2) is 11.6 Å². The molecule has 13 heavy (non-hydrogen) atoms. The topological polar surface area (TPSA) is 79.4 Å². The number of aromatic amines is 1. The predicted molar refractivity (Wildman–Crippen MR) is 48.3 cm³/mol. The van der Waals surface area contributed by atoms with Gasteiger partial charge in [-0.1, -0.05) is 5.21 Å². The maximum Gasteiger partial charge on any atom is 0.196 e. The van der Waals surface area contributed by atoms with E-state index in [-0.39, 0.29) is 6.04 Å². The molecule has 0 saturated carbocycles. The Morgan fingerprint density at radius 2 is 2.54 bits per heavy atom. The normalized spacial score (nSPS) is 12.7. The van der Waals surface area contributed by atoms with Gasteiger partial charge in [0.15, 0.2) is 11.0 Å². The Labute approximate surface area is 78.4 Å². The molecule has 1 atom stereocenters. The molecule has 2 rings (SSSR count). The molecule has 2 N–H and O–H groups in total. The summed E-state index contributed by atoms with van der Waals surface area (Å²) < 4.78 is 0. The molecule has 0 amide bonds. The highest BCUT2D eigenvalue weighted by molar-refractivity contribution is 7.13. The highest BCUT2D eigenvalue weighted by Crippen LogP contribution is 2.17. The van der Waals surface area contributed by atoms with E-state index < -0.39 is 0 Å². The third-order valence-electron chi connectivity index (χ3n) is 1.52. The van der Waals surface area contributed by atoms with Crippen molar-refractivity contribution >= 4 is 16.5 Å². The van der Waals surface area contributed by atoms with Crippen LogP contribution in [0.3, 0.4) is 0 Å². The Kier molecular flexibility index (Phi) is 2.17. The summed E-state index contributed by atoms with van der Waals surface area (Å²) in [5.74, 6) is 0.634. The van der Waals surface area contributed by atoms with Crippen LogP contribution in [0, 0.1) is 0 Å². The Morgan fingerprint density at radius 1 is 1.62 bits per heavy atom. The zero-order valence-corrected chi connectivity index (χ0v) is 7.75. The van der Waals surface area contributed by atoms with E-state index in [4.69, 9.17) is 0 Å². The zero-order chi connectivity index (χ0) is 9.10. The molecule has 6 nitrogen and oxygen atoms in total. The van der Waals surface area contributed by atoms with Crippen LogP contribution in [-0.4, -0.2) is 25.6 Å². The highest BCUT2D eigenvalue weighted by Gasteiger charge is 2.10. The van der Waals surface area contributed by atoms with Crippen molar-refractivity contribution in [3.05, 3.63) is 17.4 Å². The summed E-state index contributed by atoms with van der Waals surface area (Å²) in [5.41, 5.74) is 0. The Balaban J connectivity index is 2.04. The number of thiazole rings is 1. The molecule has 7 heteroatoms. The lowest BCUT2D eigenvalue weighted by Crippen LogP contribution is -2.08. The van der Waals surface area contributed by atoms with E-state index in [0.29, 0.717) is 5.82 Å². The fourth-order valence-electron chi connectivity index (χ4n) is 0.897. The van der Waals surface area contributed by atoms with Crippen molar-refractivity contribution in [1.29, 1.82) is 0 Å². The van der Waals surface area contributed by atoms with Gasteiger partial charge in [-0.3, -0.25) is 0 Å². The van der Waals surface area contributed by atoms with Crippen LogP contribution in [-0.2, 0) is 0 Å². The molecule has 0 aliphatic carbocycles. The summed E-state index contributed by atoms with van der Waals surface area (Å²) in [7, 11) is 0. The summed E-state index contributed by atoms with van der Waals surface area (Å²) in [6, 6.07) is 0.0184. The Bertz CT molecular complexity index is 341. The molecular weight excluding hydrogens is 188 g/mol. The van der Waals surface area contributed by atoms with Crippen molar-refractivity contribution in [3.8, 4) is 0 Å². The van der Waals surface area contributed by atoms with Gasteiger partial charge in [-0.25, -0.2) is 4.98 Å². The highest BCUT2D eigenvalue weighted by atomic mass is 32.1. The first kappa shape index (κ1) is 8.11. The van der Waals surface area contributed by atoms with Gasteiger partial charge in [0.25, 0.3) is 0 Å². The molecule has 0 aliphatic rings. The summed E-state index contributed by atoms with van der Waals surface area (Å²) in [4.78, 5) is 4.09. The molecule has 68 valence electrons. The molecule has 1 unspecified atom stereocenters. The summed E-state index contributed by atoms with van der Waals surface area (Å²) in [6.45, 7) is 1.95. The molecule has 0 fully saturated rings. The van der Waals surface area contributed by atoms with Crippen molar-refractivity contribution in [2.45, 2.75) is 13.0 Å². The van der Waals surface area contributed by atoms with Crippen LogP contribution in [0.2, 0.25) is 0 Å². The van der Waals surface area contributed by atoms with Gasteiger partial charge in [-0.2, -0.15) is 5.21 Å². The number of tetrazole rings is 1. The number of H-pyrrole nitrogens is 1. The van der Waals surface area contributed by atoms with Crippen molar-refractivity contribution in [3.63, 3.8) is 0 Å². The first-order valence-corrected chi connectivity index (χ1v) is 4.63. The van der Waals surface area contributed by atoms with Gasteiger partial charge in [0.1, 0.15) is 0 Å². The minimum atomic E-state index is 0.0184. The average molecular weight is 196 g/mol. The van der Waals surface area contributed by atoms with Crippen LogP contribution in [0.1, 0.15) is 18.8 Å². The number of anilines is 1. The minimum absolute atomic E-state index is 0.0184. The number of nitrogens with zero attached hydrogens (tertiary/aromatic N) is 4. The molecule has 0 bridgehead atoms. The summed E-state index contributed by atoms with van der Waals surface area (Å²) >= 11 is 1.54. The molecule has 2 heterocycles. The second-order valence-corrected chi connectivity index (χ2v) is 3.37. The average Bonchev–Trinajstić information content (AvgIpc) is 2.74. The first-order chi connectivity index (χ1) is 6.36. The van der Waals surface area contributed by atoms with E-state index in [1.54, 1.807) is 17.5 Å². The lowest BCUT2D eigenvalue weighted by Gasteiger charge is -2.06. The van der Waals surface area contributed by atoms with E-state index in [1.165, 1.54) is 0 Å².